The second-order valence-corrected chi connectivity index (χ2v) is 4.81. The summed E-state index contributed by atoms with van der Waals surface area (Å²) in [4.78, 5) is 11.3. The lowest BCUT2D eigenvalue weighted by Gasteiger charge is -2.17. The van der Waals surface area contributed by atoms with Crippen LogP contribution >= 0.6 is 0 Å². The molecule has 0 heterocycles. The molecule has 0 bridgehead atoms. The first kappa shape index (κ1) is 11.5. The molecule has 1 unspecified atom stereocenters. The molecule has 1 atom stereocenters. The first-order chi connectivity index (χ1) is 6.53. The summed E-state index contributed by atoms with van der Waals surface area (Å²) in [6, 6.07) is 0.359. The molecule has 1 fully saturated rings. The van der Waals surface area contributed by atoms with Crippen LogP contribution in [0.1, 0.15) is 40.0 Å². The maximum atomic E-state index is 11.3. The average molecular weight is 199 g/mol. The Kier molecular flexibility index (Phi) is 3.93. The van der Waals surface area contributed by atoms with E-state index in [4.69, 9.17) is 4.74 Å². The van der Waals surface area contributed by atoms with E-state index in [-0.39, 0.29) is 12.5 Å². The van der Waals surface area contributed by atoms with Crippen LogP contribution in [0.5, 0.6) is 0 Å². The highest BCUT2D eigenvalue weighted by atomic mass is 16.5. The van der Waals surface area contributed by atoms with E-state index in [1.54, 1.807) is 0 Å². The van der Waals surface area contributed by atoms with Gasteiger partial charge in [-0.15, -0.1) is 0 Å². The van der Waals surface area contributed by atoms with Crippen molar-refractivity contribution in [2.45, 2.75) is 46.1 Å². The third kappa shape index (κ3) is 3.66. The lowest BCUT2D eigenvalue weighted by molar-refractivity contribution is -0.126. The van der Waals surface area contributed by atoms with Crippen LogP contribution in [-0.2, 0) is 9.53 Å². The molecule has 0 aromatic heterocycles. The summed E-state index contributed by atoms with van der Waals surface area (Å²) in [5.41, 5.74) is 0.392. The first-order valence-electron chi connectivity index (χ1n) is 5.40. The topological polar surface area (TPSA) is 38.3 Å². The molecule has 1 rings (SSSR count). The maximum absolute atomic E-state index is 11.3. The summed E-state index contributed by atoms with van der Waals surface area (Å²) in [5.74, 6) is 0.0227. The summed E-state index contributed by atoms with van der Waals surface area (Å²) in [6.07, 6.45) is 3.39. The van der Waals surface area contributed by atoms with Gasteiger partial charge < -0.3 is 10.1 Å². The van der Waals surface area contributed by atoms with Gasteiger partial charge in [0.25, 0.3) is 0 Å². The zero-order chi connectivity index (χ0) is 10.6. The quantitative estimate of drug-likeness (QED) is 0.748. The maximum Gasteiger partial charge on any atom is 0.246 e. The van der Waals surface area contributed by atoms with E-state index in [0.717, 1.165) is 12.8 Å². The molecule has 0 aliphatic heterocycles. The molecule has 82 valence electrons. The van der Waals surface area contributed by atoms with Crippen LogP contribution in [0, 0.1) is 5.41 Å². The summed E-state index contributed by atoms with van der Waals surface area (Å²) in [7, 11) is 0. The van der Waals surface area contributed by atoms with Crippen molar-refractivity contribution < 1.29 is 9.53 Å². The molecule has 1 aliphatic rings. The number of ether oxygens (including phenoxy) is 1. The molecule has 0 spiro atoms. The molecule has 0 saturated heterocycles. The van der Waals surface area contributed by atoms with Gasteiger partial charge in [-0.3, -0.25) is 4.79 Å². The normalized spacial score (nSPS) is 24.9. The van der Waals surface area contributed by atoms with Crippen molar-refractivity contribution in [3.05, 3.63) is 0 Å². The Morgan fingerprint density at radius 2 is 2.29 bits per heavy atom. The van der Waals surface area contributed by atoms with Crippen LogP contribution in [0.3, 0.4) is 0 Å². The van der Waals surface area contributed by atoms with E-state index < -0.39 is 0 Å². The third-order valence-electron chi connectivity index (χ3n) is 2.77. The van der Waals surface area contributed by atoms with Gasteiger partial charge in [0.15, 0.2) is 0 Å². The Hall–Kier alpha value is -0.570. The smallest absolute Gasteiger partial charge is 0.246 e. The number of nitrogens with one attached hydrogen (secondary N) is 1. The van der Waals surface area contributed by atoms with Crippen LogP contribution in [0.15, 0.2) is 0 Å². The zero-order valence-electron chi connectivity index (χ0n) is 9.43. The number of carbonyl (C=O) groups excluding carboxylic acids is 1. The predicted octanol–water partition coefficient (Wildman–Crippen LogP) is 1.72. The minimum atomic E-state index is 0.0227. The lowest BCUT2D eigenvalue weighted by Crippen LogP contribution is -2.36. The van der Waals surface area contributed by atoms with E-state index in [1.165, 1.54) is 6.42 Å². The van der Waals surface area contributed by atoms with Crippen molar-refractivity contribution in [2.75, 3.05) is 13.2 Å². The van der Waals surface area contributed by atoms with Crippen molar-refractivity contribution >= 4 is 5.91 Å². The van der Waals surface area contributed by atoms with Gasteiger partial charge in [-0.05, 0) is 31.6 Å². The van der Waals surface area contributed by atoms with Gasteiger partial charge in [0.05, 0.1) is 0 Å². The molecule has 0 aromatic carbocycles. The first-order valence-corrected chi connectivity index (χ1v) is 5.40. The van der Waals surface area contributed by atoms with Crippen LogP contribution in [0.2, 0.25) is 0 Å². The van der Waals surface area contributed by atoms with Gasteiger partial charge >= 0.3 is 0 Å². The van der Waals surface area contributed by atoms with Gasteiger partial charge in [0, 0.05) is 12.6 Å². The summed E-state index contributed by atoms with van der Waals surface area (Å²) in [5, 5.41) is 3.01. The van der Waals surface area contributed by atoms with E-state index in [2.05, 4.69) is 19.2 Å². The fourth-order valence-electron chi connectivity index (χ4n) is 2.02. The van der Waals surface area contributed by atoms with Gasteiger partial charge in [-0.25, -0.2) is 0 Å². The molecule has 1 amide bonds. The second kappa shape index (κ2) is 4.78. The summed E-state index contributed by atoms with van der Waals surface area (Å²) < 4.78 is 5.05. The van der Waals surface area contributed by atoms with Crippen molar-refractivity contribution in [2.24, 2.45) is 5.41 Å². The largest absolute Gasteiger partial charge is 0.372 e. The number of carbonyl (C=O) groups is 1. The third-order valence-corrected chi connectivity index (χ3v) is 2.77. The average Bonchev–Trinajstić information content (AvgIpc) is 2.42. The fourth-order valence-corrected chi connectivity index (χ4v) is 2.02. The molecule has 1 N–H and O–H groups in total. The fraction of sp³-hybridized carbons (Fsp3) is 0.909. The number of amides is 1. The Labute approximate surface area is 86.2 Å². The SMILES string of the molecule is CCOCC(=O)NC1CCC(C)(C)C1. The van der Waals surface area contributed by atoms with Gasteiger partial charge in [0.1, 0.15) is 6.61 Å². The van der Waals surface area contributed by atoms with Crippen molar-refractivity contribution in [1.82, 2.24) is 5.32 Å². The Balaban J connectivity index is 2.22. The minimum absolute atomic E-state index is 0.0227. The molecular formula is C11H21NO2. The highest BCUT2D eigenvalue weighted by Crippen LogP contribution is 2.36. The molecule has 0 radical (unpaired) electrons. The van der Waals surface area contributed by atoms with Gasteiger partial charge in [-0.1, -0.05) is 13.8 Å². The highest BCUT2D eigenvalue weighted by molar-refractivity contribution is 5.77. The number of hydrogen-bond acceptors (Lipinski definition) is 2. The second-order valence-electron chi connectivity index (χ2n) is 4.81. The van der Waals surface area contributed by atoms with E-state index >= 15 is 0 Å². The molecule has 14 heavy (non-hydrogen) atoms. The highest BCUT2D eigenvalue weighted by Gasteiger charge is 2.31. The zero-order valence-corrected chi connectivity index (χ0v) is 9.43. The van der Waals surface area contributed by atoms with Crippen LogP contribution in [-0.4, -0.2) is 25.2 Å². The molecule has 0 aromatic rings. The van der Waals surface area contributed by atoms with Crippen molar-refractivity contribution in [1.29, 1.82) is 0 Å². The van der Waals surface area contributed by atoms with Gasteiger partial charge in [0.2, 0.25) is 5.91 Å². The number of hydrogen-bond donors (Lipinski definition) is 1. The molecule has 1 saturated carbocycles. The lowest BCUT2D eigenvalue weighted by atomic mass is 9.92. The molecule has 3 heteroatoms. The van der Waals surface area contributed by atoms with Crippen LogP contribution < -0.4 is 5.32 Å². The minimum Gasteiger partial charge on any atom is -0.372 e. The predicted molar refractivity (Wildman–Crippen MR) is 56.1 cm³/mol. The Morgan fingerprint density at radius 1 is 1.57 bits per heavy atom. The number of rotatable bonds is 4. The summed E-state index contributed by atoms with van der Waals surface area (Å²) in [6.45, 7) is 7.20. The van der Waals surface area contributed by atoms with Crippen molar-refractivity contribution in [3.63, 3.8) is 0 Å². The molecule has 3 nitrogen and oxygen atoms in total. The molecular weight excluding hydrogens is 178 g/mol. The monoisotopic (exact) mass is 199 g/mol. The van der Waals surface area contributed by atoms with Crippen molar-refractivity contribution in [3.8, 4) is 0 Å². The van der Waals surface area contributed by atoms with Gasteiger partial charge in [-0.2, -0.15) is 0 Å². The summed E-state index contributed by atoms with van der Waals surface area (Å²) >= 11 is 0. The molecule has 1 aliphatic carbocycles. The van der Waals surface area contributed by atoms with Crippen LogP contribution in [0.25, 0.3) is 0 Å². The standard InChI is InChI=1S/C11H21NO2/c1-4-14-8-10(13)12-9-5-6-11(2,3)7-9/h9H,4-8H2,1-3H3,(H,12,13). The van der Waals surface area contributed by atoms with Crippen LogP contribution in [0.4, 0.5) is 0 Å². The Bertz CT molecular complexity index is 201. The Morgan fingerprint density at radius 3 is 2.79 bits per heavy atom. The van der Waals surface area contributed by atoms with E-state index in [9.17, 15) is 4.79 Å². The van der Waals surface area contributed by atoms with E-state index in [0.29, 0.717) is 18.1 Å². The van der Waals surface area contributed by atoms with E-state index in [1.807, 2.05) is 6.92 Å².